The number of benzene rings is 3. The second-order valence-corrected chi connectivity index (χ2v) is 9.51. The molecule has 1 aliphatic heterocycles. The zero-order valence-corrected chi connectivity index (χ0v) is 21.8. The minimum Gasteiger partial charge on any atom is -0.468 e. The molecule has 0 fully saturated rings. The van der Waals surface area contributed by atoms with E-state index in [9.17, 15) is 18.8 Å². The first-order chi connectivity index (χ1) is 19.3. The Hall–Kier alpha value is -4.79. The van der Waals surface area contributed by atoms with E-state index in [0.717, 1.165) is 7.11 Å². The Balaban J connectivity index is 1.85. The van der Waals surface area contributed by atoms with Gasteiger partial charge in [-0.3, -0.25) is 14.5 Å². The van der Waals surface area contributed by atoms with E-state index in [-0.39, 0.29) is 34.6 Å². The van der Waals surface area contributed by atoms with Crippen LogP contribution in [0.15, 0.2) is 102 Å². The highest BCUT2D eigenvalue weighted by Crippen LogP contribution is 2.51. The maximum Gasteiger partial charge on any atom is 0.338 e. The Kier molecular flexibility index (Phi) is 7.21. The molecule has 0 aromatic heterocycles. The average Bonchev–Trinajstić information content (AvgIpc) is 2.96. The predicted octanol–water partition coefficient (Wildman–Crippen LogP) is 4.71. The van der Waals surface area contributed by atoms with Crippen molar-refractivity contribution in [3.8, 4) is 0 Å². The van der Waals surface area contributed by atoms with Crippen LogP contribution in [0.4, 0.5) is 14.5 Å². The van der Waals surface area contributed by atoms with Gasteiger partial charge in [0.25, 0.3) is 0 Å². The van der Waals surface area contributed by atoms with E-state index in [1.54, 1.807) is 36.4 Å². The number of ketones is 1. The summed E-state index contributed by atoms with van der Waals surface area (Å²) in [5.41, 5.74) is 7.70. The van der Waals surface area contributed by atoms with Gasteiger partial charge >= 0.3 is 11.9 Å². The molecule has 0 amide bonds. The van der Waals surface area contributed by atoms with Crippen LogP contribution in [-0.2, 0) is 23.9 Å². The fraction of sp³-hybridized carbons (Fsp3) is 0.194. The molecule has 3 atom stereocenters. The minimum atomic E-state index is -1.29. The van der Waals surface area contributed by atoms with Crippen LogP contribution in [0.5, 0.6) is 0 Å². The molecular formula is C31H26F2N2O5. The Bertz CT molecular complexity index is 1570. The number of Topliss-reactive ketones (excluding diaryl/α,β-unsaturated/α-hetero) is 1. The third-order valence-electron chi connectivity index (χ3n) is 7.41. The molecule has 1 aliphatic carbocycles. The number of methoxy groups -OCH3 is 2. The average molecular weight is 545 g/mol. The lowest BCUT2D eigenvalue weighted by Gasteiger charge is -2.44. The van der Waals surface area contributed by atoms with E-state index in [1.807, 2.05) is 6.07 Å². The molecule has 40 heavy (non-hydrogen) atoms. The first-order valence-electron chi connectivity index (χ1n) is 12.6. The van der Waals surface area contributed by atoms with Crippen molar-refractivity contribution in [3.63, 3.8) is 0 Å². The van der Waals surface area contributed by atoms with Gasteiger partial charge in [0, 0.05) is 22.8 Å². The molecule has 204 valence electrons. The van der Waals surface area contributed by atoms with E-state index in [2.05, 4.69) is 0 Å². The second-order valence-electron chi connectivity index (χ2n) is 9.51. The highest BCUT2D eigenvalue weighted by Gasteiger charge is 2.51. The number of anilines is 1. The van der Waals surface area contributed by atoms with Gasteiger partial charge in [0.1, 0.15) is 23.4 Å². The normalized spacial score (nSPS) is 20.8. The third-order valence-corrected chi connectivity index (χ3v) is 7.41. The minimum absolute atomic E-state index is 0.00682. The fourth-order valence-corrected chi connectivity index (χ4v) is 5.68. The third kappa shape index (κ3) is 4.43. The van der Waals surface area contributed by atoms with Crippen LogP contribution >= 0.6 is 0 Å². The van der Waals surface area contributed by atoms with Crippen molar-refractivity contribution < 1.29 is 32.6 Å². The maximum atomic E-state index is 15.4. The number of rotatable bonds is 5. The number of carbonyl (C=O) groups excluding carboxylic acids is 3. The molecule has 9 heteroatoms. The summed E-state index contributed by atoms with van der Waals surface area (Å²) in [5, 5.41) is 0. The summed E-state index contributed by atoms with van der Waals surface area (Å²) in [7, 11) is 2.33. The number of nitrogens with two attached hydrogens (primary N) is 1. The summed E-state index contributed by atoms with van der Waals surface area (Å²) in [6.45, 7) is 0. The topological polar surface area (TPSA) is 98.9 Å². The lowest BCUT2D eigenvalue weighted by atomic mass is 9.67. The smallest absolute Gasteiger partial charge is 0.338 e. The summed E-state index contributed by atoms with van der Waals surface area (Å²) < 4.78 is 39.9. The van der Waals surface area contributed by atoms with E-state index in [0.29, 0.717) is 11.3 Å². The number of hydrogen-bond donors (Lipinski definition) is 1. The van der Waals surface area contributed by atoms with Gasteiger partial charge in [0.05, 0.1) is 31.4 Å². The molecule has 5 rings (SSSR count). The number of halogens is 2. The predicted molar refractivity (Wildman–Crippen MR) is 143 cm³/mol. The number of nitrogens with zero attached hydrogens (tertiary/aromatic N) is 1. The molecule has 0 bridgehead atoms. The molecule has 0 saturated heterocycles. The van der Waals surface area contributed by atoms with Crippen molar-refractivity contribution in [2.75, 3.05) is 19.1 Å². The molecule has 0 radical (unpaired) electrons. The zero-order valence-electron chi connectivity index (χ0n) is 21.8. The molecule has 0 saturated carbocycles. The zero-order chi connectivity index (χ0) is 28.6. The standard InChI is InChI=1S/C31H26F2N2O5/c1-39-30(37)25-21(17-9-4-3-5-10-17)16-23-26(28(25)36)24(20-13-6-7-14-22(20)33)27(31(38)40-2)29(34)35(23)19-12-8-11-18(32)15-19/h3-15,21,24-25H,16,34H2,1-2H3/t21-,24-,25-/m0/s1. The van der Waals surface area contributed by atoms with Gasteiger partial charge in [0.15, 0.2) is 5.78 Å². The number of allylic oxidation sites excluding steroid dienone is 2. The van der Waals surface area contributed by atoms with Crippen LogP contribution in [-0.4, -0.2) is 31.9 Å². The quantitative estimate of drug-likeness (QED) is 0.367. The van der Waals surface area contributed by atoms with Crippen LogP contribution in [0.25, 0.3) is 0 Å². The van der Waals surface area contributed by atoms with E-state index >= 15 is 4.39 Å². The van der Waals surface area contributed by atoms with Gasteiger partial charge < -0.3 is 15.2 Å². The Morgan fingerprint density at radius 1 is 0.925 bits per heavy atom. The van der Waals surface area contributed by atoms with Gasteiger partial charge in [-0.15, -0.1) is 0 Å². The largest absolute Gasteiger partial charge is 0.468 e. The van der Waals surface area contributed by atoms with Gasteiger partial charge in [-0.2, -0.15) is 0 Å². The first-order valence-corrected chi connectivity index (χ1v) is 12.6. The van der Waals surface area contributed by atoms with Crippen molar-refractivity contribution in [2.45, 2.75) is 18.3 Å². The van der Waals surface area contributed by atoms with Gasteiger partial charge in [-0.25, -0.2) is 13.6 Å². The second kappa shape index (κ2) is 10.8. The number of carbonyl (C=O) groups is 3. The molecule has 2 N–H and O–H groups in total. The monoisotopic (exact) mass is 544 g/mol. The van der Waals surface area contributed by atoms with Gasteiger partial charge in [0.2, 0.25) is 0 Å². The molecular weight excluding hydrogens is 518 g/mol. The van der Waals surface area contributed by atoms with Crippen LogP contribution in [0.3, 0.4) is 0 Å². The highest BCUT2D eigenvalue weighted by atomic mass is 19.1. The first kappa shape index (κ1) is 26.8. The molecule has 3 aromatic rings. The van der Waals surface area contributed by atoms with Crippen molar-refractivity contribution >= 4 is 23.4 Å². The molecule has 0 spiro atoms. The fourth-order valence-electron chi connectivity index (χ4n) is 5.68. The van der Waals surface area contributed by atoms with Crippen molar-refractivity contribution in [3.05, 3.63) is 124 Å². The summed E-state index contributed by atoms with van der Waals surface area (Å²) in [5.74, 6) is -6.95. The lowest BCUT2D eigenvalue weighted by molar-refractivity contribution is -0.150. The van der Waals surface area contributed by atoms with Crippen LogP contribution < -0.4 is 10.6 Å². The number of ether oxygens (including phenoxy) is 2. The van der Waals surface area contributed by atoms with Crippen molar-refractivity contribution in [1.82, 2.24) is 0 Å². The summed E-state index contributed by atoms with van der Waals surface area (Å²) in [6.07, 6.45) is 0.0848. The molecule has 3 aromatic carbocycles. The van der Waals surface area contributed by atoms with E-state index in [1.165, 1.54) is 48.4 Å². The molecule has 7 nitrogen and oxygen atoms in total. The van der Waals surface area contributed by atoms with E-state index in [4.69, 9.17) is 15.2 Å². The van der Waals surface area contributed by atoms with Crippen molar-refractivity contribution in [1.29, 1.82) is 0 Å². The van der Waals surface area contributed by atoms with Gasteiger partial charge in [-0.05, 0) is 36.2 Å². The highest BCUT2D eigenvalue weighted by molar-refractivity contribution is 6.14. The lowest BCUT2D eigenvalue weighted by Crippen LogP contribution is -2.46. The van der Waals surface area contributed by atoms with Gasteiger partial charge in [-0.1, -0.05) is 54.6 Å². The SMILES string of the molecule is COC(=O)C1=C(N)N(c2cccc(F)c2)C2=C(C(=O)[C@@H](C(=O)OC)[C@H](c3ccccc3)C2)[C@@H]1c1ccccc1F. The molecule has 2 aliphatic rings. The van der Waals surface area contributed by atoms with E-state index < -0.39 is 47.1 Å². The molecule has 0 unspecified atom stereocenters. The van der Waals surface area contributed by atoms with Crippen LogP contribution in [0, 0.1) is 17.6 Å². The van der Waals surface area contributed by atoms with Crippen molar-refractivity contribution in [2.24, 2.45) is 11.7 Å². The summed E-state index contributed by atoms with van der Waals surface area (Å²) >= 11 is 0. The van der Waals surface area contributed by atoms with Crippen LogP contribution in [0.1, 0.15) is 29.4 Å². The van der Waals surface area contributed by atoms with Crippen LogP contribution in [0.2, 0.25) is 0 Å². The maximum absolute atomic E-state index is 15.4. The summed E-state index contributed by atoms with van der Waals surface area (Å²) in [6, 6.07) is 20.2. The summed E-state index contributed by atoms with van der Waals surface area (Å²) in [4.78, 5) is 42.3. The number of esters is 2. The molecule has 1 heterocycles. The Morgan fingerprint density at radius 3 is 2.27 bits per heavy atom. The Morgan fingerprint density at radius 2 is 1.62 bits per heavy atom. The Labute approximate surface area is 229 Å². The number of hydrogen-bond acceptors (Lipinski definition) is 7.